The summed E-state index contributed by atoms with van der Waals surface area (Å²) < 4.78 is 0. The lowest BCUT2D eigenvalue weighted by Gasteiger charge is -2.27. The number of carbonyl (C=O) groups excluding carboxylic acids is 2. The first-order valence-corrected chi connectivity index (χ1v) is 11.8. The molecule has 7 nitrogen and oxygen atoms in total. The molecule has 2 atom stereocenters. The highest BCUT2D eigenvalue weighted by molar-refractivity contribution is 5.89. The number of nitrogens with one attached hydrogen (secondary N) is 3. The summed E-state index contributed by atoms with van der Waals surface area (Å²) in [5, 5.41) is 17.2. The van der Waals surface area contributed by atoms with Gasteiger partial charge in [0.15, 0.2) is 0 Å². The van der Waals surface area contributed by atoms with Crippen molar-refractivity contribution in [3.63, 3.8) is 0 Å². The van der Waals surface area contributed by atoms with Crippen LogP contribution in [0.25, 0.3) is 11.0 Å². The summed E-state index contributed by atoms with van der Waals surface area (Å²) in [6.45, 7) is 0.330. The second-order valence-corrected chi connectivity index (χ2v) is 8.98. The molecular formula is C26H32N4O3. The van der Waals surface area contributed by atoms with E-state index in [0.717, 1.165) is 47.8 Å². The number of nitrogens with zero attached hydrogens (tertiary/aromatic N) is 1. The van der Waals surface area contributed by atoms with E-state index in [9.17, 15) is 14.7 Å². The van der Waals surface area contributed by atoms with Gasteiger partial charge < -0.3 is 20.7 Å². The predicted octanol–water partition coefficient (Wildman–Crippen LogP) is 3.24. The van der Waals surface area contributed by atoms with Crippen molar-refractivity contribution in [3.05, 3.63) is 66.0 Å². The zero-order chi connectivity index (χ0) is 23.0. The molecule has 1 aliphatic carbocycles. The molecule has 0 spiro atoms. The number of fused-ring (bicyclic) bond motifs is 1. The molecule has 0 radical (unpaired) electrons. The van der Waals surface area contributed by atoms with E-state index in [4.69, 9.17) is 0 Å². The van der Waals surface area contributed by atoms with E-state index in [0.29, 0.717) is 18.9 Å². The number of aliphatic hydroxyl groups excluding tert-OH is 1. The fourth-order valence-electron chi connectivity index (χ4n) is 4.58. The number of aliphatic hydroxyl groups is 1. The number of carbonyl (C=O) groups is 2. The van der Waals surface area contributed by atoms with Gasteiger partial charge in [-0.3, -0.25) is 9.59 Å². The highest BCUT2D eigenvalue weighted by atomic mass is 16.3. The predicted molar refractivity (Wildman–Crippen MR) is 127 cm³/mol. The van der Waals surface area contributed by atoms with Crippen LogP contribution in [0.2, 0.25) is 0 Å². The first-order chi connectivity index (χ1) is 16.1. The van der Waals surface area contributed by atoms with Gasteiger partial charge in [0.05, 0.1) is 0 Å². The van der Waals surface area contributed by atoms with E-state index in [-0.39, 0.29) is 12.3 Å². The van der Waals surface area contributed by atoms with Gasteiger partial charge in [0.25, 0.3) is 0 Å². The van der Waals surface area contributed by atoms with Crippen LogP contribution in [0, 0.1) is 5.92 Å². The van der Waals surface area contributed by atoms with Crippen molar-refractivity contribution < 1.29 is 14.7 Å². The molecule has 33 heavy (non-hydrogen) atoms. The maximum atomic E-state index is 13.1. The molecular weight excluding hydrogens is 416 g/mol. The Morgan fingerprint density at radius 3 is 2.64 bits per heavy atom. The van der Waals surface area contributed by atoms with Crippen LogP contribution in [-0.2, 0) is 22.6 Å². The number of benzene rings is 1. The van der Waals surface area contributed by atoms with E-state index in [2.05, 4.69) is 20.6 Å². The molecule has 2 aromatic heterocycles. The number of H-pyrrole nitrogens is 1. The lowest BCUT2D eigenvalue weighted by Crippen LogP contribution is -2.50. The van der Waals surface area contributed by atoms with Crippen molar-refractivity contribution in [2.24, 2.45) is 5.92 Å². The lowest BCUT2D eigenvalue weighted by atomic mass is 9.84. The third-order valence-corrected chi connectivity index (χ3v) is 6.42. The minimum atomic E-state index is -1.20. The standard InChI is InChI=1S/C26H32N4O3/c31-23(15-19-9-5-2-6-10-19)26(33)30-22(14-18-7-3-1-4-8-18)25(32)29-17-20-13-21-11-12-27-24(21)28-16-20/h2,5-6,9-13,16,18,22-23,31H,1,3-4,7-8,14-15,17H2,(H,27,28)(H,29,32)(H,30,33)/t22-,23?/m0/s1. The first-order valence-electron chi connectivity index (χ1n) is 11.8. The molecule has 3 aromatic rings. The molecule has 1 unspecified atom stereocenters. The summed E-state index contributed by atoms with van der Waals surface area (Å²) in [7, 11) is 0. The fraction of sp³-hybridized carbons (Fsp3) is 0.423. The second kappa shape index (κ2) is 11.1. The maximum absolute atomic E-state index is 13.1. The van der Waals surface area contributed by atoms with Crippen molar-refractivity contribution in [2.45, 2.75) is 63.6 Å². The number of pyridine rings is 1. The Kier molecular flexibility index (Phi) is 7.73. The van der Waals surface area contributed by atoms with Crippen molar-refractivity contribution in [1.82, 2.24) is 20.6 Å². The molecule has 0 saturated heterocycles. The summed E-state index contributed by atoms with van der Waals surface area (Å²) in [5.74, 6) is -0.334. The average Bonchev–Trinajstić information content (AvgIpc) is 3.31. The van der Waals surface area contributed by atoms with Crippen molar-refractivity contribution >= 4 is 22.8 Å². The topological polar surface area (TPSA) is 107 Å². The Morgan fingerprint density at radius 2 is 1.85 bits per heavy atom. The molecule has 174 valence electrons. The van der Waals surface area contributed by atoms with Crippen LogP contribution in [-0.4, -0.2) is 39.0 Å². The molecule has 1 fully saturated rings. The molecule has 2 heterocycles. The lowest BCUT2D eigenvalue weighted by molar-refractivity contribution is -0.134. The van der Waals surface area contributed by atoms with Crippen LogP contribution in [0.3, 0.4) is 0 Å². The molecule has 2 amide bonds. The van der Waals surface area contributed by atoms with Crippen molar-refractivity contribution in [2.75, 3.05) is 0 Å². The quantitative estimate of drug-likeness (QED) is 0.403. The summed E-state index contributed by atoms with van der Waals surface area (Å²) in [6.07, 6.45) is 8.85. The van der Waals surface area contributed by atoms with Crippen LogP contribution < -0.4 is 10.6 Å². The first kappa shape index (κ1) is 23.0. The molecule has 1 aromatic carbocycles. The molecule has 1 aliphatic rings. The zero-order valence-corrected chi connectivity index (χ0v) is 18.8. The van der Waals surface area contributed by atoms with E-state index in [1.165, 1.54) is 6.42 Å². The van der Waals surface area contributed by atoms with E-state index in [1.807, 2.05) is 48.7 Å². The summed E-state index contributed by atoms with van der Waals surface area (Å²) in [4.78, 5) is 33.2. The van der Waals surface area contributed by atoms with Gasteiger partial charge in [0.1, 0.15) is 17.8 Å². The monoisotopic (exact) mass is 448 g/mol. The summed E-state index contributed by atoms with van der Waals surface area (Å²) in [5.41, 5.74) is 2.57. The third kappa shape index (κ3) is 6.42. The molecule has 4 rings (SSSR count). The van der Waals surface area contributed by atoms with Crippen molar-refractivity contribution in [1.29, 1.82) is 0 Å². The number of aromatic amines is 1. The number of hydrogen-bond acceptors (Lipinski definition) is 4. The van der Waals surface area contributed by atoms with Gasteiger partial charge in [0, 0.05) is 30.7 Å². The van der Waals surface area contributed by atoms with Gasteiger partial charge in [-0.15, -0.1) is 0 Å². The van der Waals surface area contributed by atoms with Crippen molar-refractivity contribution in [3.8, 4) is 0 Å². The SMILES string of the molecule is O=C(N[C@@H](CC1CCCCC1)C(=O)NCc1cnc2[nH]ccc2c1)C(O)Cc1ccccc1. The fourth-order valence-corrected chi connectivity index (χ4v) is 4.58. The van der Waals surface area contributed by atoms with Crippen LogP contribution in [0.4, 0.5) is 0 Å². The largest absolute Gasteiger partial charge is 0.383 e. The number of aromatic nitrogens is 2. The van der Waals surface area contributed by atoms with Gasteiger partial charge in [-0.2, -0.15) is 0 Å². The molecule has 7 heteroatoms. The maximum Gasteiger partial charge on any atom is 0.249 e. The highest BCUT2D eigenvalue weighted by Crippen LogP contribution is 2.27. The normalized spacial score (nSPS) is 16.3. The summed E-state index contributed by atoms with van der Waals surface area (Å²) in [6, 6.07) is 12.6. The van der Waals surface area contributed by atoms with Gasteiger partial charge in [0.2, 0.25) is 11.8 Å². The minimum Gasteiger partial charge on any atom is -0.383 e. The Hall–Kier alpha value is -3.19. The van der Waals surface area contributed by atoms with Crippen LogP contribution in [0.15, 0.2) is 54.9 Å². The highest BCUT2D eigenvalue weighted by Gasteiger charge is 2.28. The summed E-state index contributed by atoms with van der Waals surface area (Å²) >= 11 is 0. The Balaban J connectivity index is 1.38. The Bertz CT molecular complexity index is 1060. The molecule has 1 saturated carbocycles. The molecule has 0 aliphatic heterocycles. The third-order valence-electron chi connectivity index (χ3n) is 6.42. The second-order valence-electron chi connectivity index (χ2n) is 8.98. The molecule has 4 N–H and O–H groups in total. The minimum absolute atomic E-state index is 0.215. The number of amides is 2. The van der Waals surface area contributed by atoms with E-state index in [1.54, 1.807) is 6.20 Å². The van der Waals surface area contributed by atoms with Crippen LogP contribution in [0.1, 0.15) is 49.7 Å². The van der Waals surface area contributed by atoms with E-state index < -0.39 is 18.1 Å². The Labute approximate surface area is 194 Å². The average molecular weight is 449 g/mol. The van der Waals surface area contributed by atoms with Gasteiger partial charge in [-0.25, -0.2) is 4.98 Å². The Morgan fingerprint density at radius 1 is 1.06 bits per heavy atom. The number of rotatable bonds is 9. The zero-order valence-electron chi connectivity index (χ0n) is 18.8. The number of hydrogen-bond donors (Lipinski definition) is 4. The van der Waals surface area contributed by atoms with Crippen LogP contribution in [0.5, 0.6) is 0 Å². The smallest absolute Gasteiger partial charge is 0.249 e. The van der Waals surface area contributed by atoms with Gasteiger partial charge in [-0.1, -0.05) is 62.4 Å². The van der Waals surface area contributed by atoms with Gasteiger partial charge >= 0.3 is 0 Å². The molecule has 0 bridgehead atoms. The van der Waals surface area contributed by atoms with E-state index >= 15 is 0 Å². The van der Waals surface area contributed by atoms with Gasteiger partial charge in [-0.05, 0) is 35.6 Å². The van der Waals surface area contributed by atoms with Crippen LogP contribution >= 0.6 is 0 Å².